The van der Waals surface area contributed by atoms with E-state index in [1.807, 2.05) is 0 Å². The Labute approximate surface area is 234 Å². The van der Waals surface area contributed by atoms with Crippen LogP contribution in [0.3, 0.4) is 0 Å². The van der Waals surface area contributed by atoms with Gasteiger partial charge < -0.3 is 15.0 Å². The molecule has 0 radical (unpaired) electrons. The molecular formula is C27H36N4O6S2. The van der Waals surface area contributed by atoms with Gasteiger partial charge in [-0.2, -0.15) is 4.31 Å². The molecule has 0 atom stereocenters. The number of carbonyl (C=O) groups is 3. The highest BCUT2D eigenvalue weighted by molar-refractivity contribution is 7.89. The van der Waals surface area contributed by atoms with E-state index < -0.39 is 15.9 Å². The lowest BCUT2D eigenvalue weighted by Gasteiger charge is -2.29. The molecule has 10 nitrogen and oxygen atoms in total. The van der Waals surface area contributed by atoms with Crippen LogP contribution in [0.5, 0.6) is 0 Å². The highest BCUT2D eigenvalue weighted by Crippen LogP contribution is 2.38. The maximum Gasteiger partial charge on any atom is 0.308 e. The van der Waals surface area contributed by atoms with Crippen molar-refractivity contribution in [1.82, 2.24) is 14.1 Å². The Hall–Kier alpha value is -2.80. The predicted octanol–water partition coefficient (Wildman–Crippen LogP) is 3.04. The molecule has 1 N–H and O–H groups in total. The normalized spacial score (nSPS) is 16.9. The van der Waals surface area contributed by atoms with Gasteiger partial charge in [0, 0.05) is 50.7 Å². The van der Waals surface area contributed by atoms with Crippen molar-refractivity contribution in [2.45, 2.75) is 44.0 Å². The number of nitrogens with zero attached hydrogens (tertiary/aromatic N) is 3. The first-order valence-corrected chi connectivity index (χ1v) is 15.4. The van der Waals surface area contributed by atoms with Crippen molar-refractivity contribution in [2.24, 2.45) is 5.92 Å². The van der Waals surface area contributed by atoms with Gasteiger partial charge in [-0.1, -0.05) is 6.92 Å². The average molecular weight is 577 g/mol. The van der Waals surface area contributed by atoms with Gasteiger partial charge in [-0.25, -0.2) is 8.42 Å². The van der Waals surface area contributed by atoms with Crippen LogP contribution in [0.2, 0.25) is 0 Å². The van der Waals surface area contributed by atoms with Crippen LogP contribution in [0.15, 0.2) is 29.2 Å². The van der Waals surface area contributed by atoms with Crippen LogP contribution in [0.25, 0.3) is 0 Å². The van der Waals surface area contributed by atoms with Crippen molar-refractivity contribution < 1.29 is 27.5 Å². The smallest absolute Gasteiger partial charge is 0.308 e. The molecule has 0 bridgehead atoms. The minimum atomic E-state index is -3.76. The number of methoxy groups -OCH3 is 1. The van der Waals surface area contributed by atoms with E-state index in [0.29, 0.717) is 29.0 Å². The number of fused-ring (bicyclic) bond motifs is 1. The molecule has 0 spiro atoms. The van der Waals surface area contributed by atoms with Crippen molar-refractivity contribution in [3.63, 3.8) is 0 Å². The van der Waals surface area contributed by atoms with Crippen LogP contribution < -0.4 is 5.32 Å². The van der Waals surface area contributed by atoms with E-state index in [0.717, 1.165) is 42.9 Å². The average Bonchev–Trinajstić information content (AvgIpc) is 3.29. The first-order chi connectivity index (χ1) is 18.6. The first-order valence-electron chi connectivity index (χ1n) is 13.1. The Bertz CT molecular complexity index is 1330. The van der Waals surface area contributed by atoms with Crippen LogP contribution in [0.4, 0.5) is 5.00 Å². The van der Waals surface area contributed by atoms with Crippen molar-refractivity contribution in [1.29, 1.82) is 0 Å². The summed E-state index contributed by atoms with van der Waals surface area (Å²) in [5.41, 5.74) is 1.83. The SMILES string of the molecule is CCCN1CCc2c(sc(NC(=O)c3ccc(S(=O)(=O)N4CCC(C(=O)OC)CC4)cc3)c2C(=O)N(C)C)C1. The number of rotatable bonds is 8. The second-order valence-corrected chi connectivity index (χ2v) is 13.2. The molecule has 2 aliphatic heterocycles. The summed E-state index contributed by atoms with van der Waals surface area (Å²) in [5.74, 6) is -1.17. The molecule has 1 aromatic carbocycles. The first kappa shape index (κ1) is 29.2. The van der Waals surface area contributed by atoms with E-state index in [1.165, 1.54) is 51.9 Å². The summed E-state index contributed by atoms with van der Waals surface area (Å²) in [7, 11) is 0.960. The summed E-state index contributed by atoms with van der Waals surface area (Å²) in [4.78, 5) is 43.1. The number of amides is 2. The fourth-order valence-corrected chi connectivity index (χ4v) is 7.85. The van der Waals surface area contributed by atoms with Gasteiger partial charge in [-0.3, -0.25) is 19.3 Å². The minimum absolute atomic E-state index is 0.0849. The Morgan fingerprint density at radius 1 is 1.10 bits per heavy atom. The molecule has 1 aromatic heterocycles. The fourth-order valence-electron chi connectivity index (χ4n) is 5.10. The molecule has 2 aliphatic rings. The summed E-state index contributed by atoms with van der Waals surface area (Å²) in [6.07, 6.45) is 2.61. The number of hydrogen-bond donors (Lipinski definition) is 1. The molecule has 212 valence electrons. The Morgan fingerprint density at radius 3 is 2.36 bits per heavy atom. The van der Waals surface area contributed by atoms with Gasteiger partial charge in [0.05, 0.1) is 23.5 Å². The lowest BCUT2D eigenvalue weighted by molar-refractivity contribution is -0.146. The largest absolute Gasteiger partial charge is 0.469 e. The number of thiophene rings is 1. The summed E-state index contributed by atoms with van der Waals surface area (Å²) < 4.78 is 32.4. The summed E-state index contributed by atoms with van der Waals surface area (Å²) >= 11 is 1.43. The molecule has 2 aromatic rings. The molecule has 2 amide bonds. The third-order valence-corrected chi connectivity index (χ3v) is 10.3. The Kier molecular flexibility index (Phi) is 9.10. The molecule has 0 unspecified atom stereocenters. The van der Waals surface area contributed by atoms with E-state index in [4.69, 9.17) is 4.74 Å². The highest BCUT2D eigenvalue weighted by Gasteiger charge is 2.33. The molecule has 3 heterocycles. The number of hydrogen-bond acceptors (Lipinski definition) is 8. The molecule has 12 heteroatoms. The number of esters is 1. The zero-order valence-corrected chi connectivity index (χ0v) is 24.5. The van der Waals surface area contributed by atoms with E-state index >= 15 is 0 Å². The van der Waals surface area contributed by atoms with Crippen LogP contribution in [-0.4, -0.2) is 87.7 Å². The second kappa shape index (κ2) is 12.2. The van der Waals surface area contributed by atoms with E-state index in [2.05, 4.69) is 17.1 Å². The van der Waals surface area contributed by atoms with Gasteiger partial charge in [0.2, 0.25) is 10.0 Å². The van der Waals surface area contributed by atoms with Crippen LogP contribution in [-0.2, 0) is 32.5 Å². The number of benzene rings is 1. The summed E-state index contributed by atoms with van der Waals surface area (Å²) in [6, 6.07) is 5.80. The number of carbonyl (C=O) groups excluding carboxylic acids is 3. The quantitative estimate of drug-likeness (QED) is 0.480. The number of anilines is 1. The zero-order valence-electron chi connectivity index (χ0n) is 22.9. The van der Waals surface area contributed by atoms with Crippen molar-refractivity contribution in [3.8, 4) is 0 Å². The molecule has 1 saturated heterocycles. The molecule has 4 rings (SSSR count). The number of sulfonamides is 1. The number of piperidine rings is 1. The number of ether oxygens (including phenoxy) is 1. The molecular weight excluding hydrogens is 540 g/mol. The standard InChI is InChI=1S/C27H36N4O6S2/c1-5-13-30-14-12-21-22(17-30)38-25(23(21)26(33)29(2)3)28-24(32)18-6-8-20(9-7-18)39(35,36)31-15-10-19(11-16-31)27(34)37-4/h6-9,19H,5,10-17H2,1-4H3,(H,28,32). The van der Waals surface area contributed by atoms with Gasteiger partial charge in [-0.15, -0.1) is 11.3 Å². The summed E-state index contributed by atoms with van der Waals surface area (Å²) in [6.45, 7) is 5.20. The van der Waals surface area contributed by atoms with E-state index in [1.54, 1.807) is 14.1 Å². The van der Waals surface area contributed by atoms with Crippen LogP contribution in [0, 0.1) is 5.92 Å². The minimum Gasteiger partial charge on any atom is -0.469 e. The lowest BCUT2D eigenvalue weighted by atomic mass is 9.99. The zero-order chi connectivity index (χ0) is 28.3. The monoisotopic (exact) mass is 576 g/mol. The Morgan fingerprint density at radius 2 is 1.77 bits per heavy atom. The molecule has 0 aliphatic carbocycles. The topological polar surface area (TPSA) is 116 Å². The summed E-state index contributed by atoms with van der Waals surface area (Å²) in [5, 5.41) is 3.44. The van der Waals surface area contributed by atoms with Gasteiger partial charge >= 0.3 is 5.97 Å². The molecule has 39 heavy (non-hydrogen) atoms. The predicted molar refractivity (Wildman–Crippen MR) is 150 cm³/mol. The maximum absolute atomic E-state index is 13.2. The van der Waals surface area contributed by atoms with Crippen LogP contribution in [0.1, 0.15) is 57.3 Å². The fraction of sp³-hybridized carbons (Fsp3) is 0.519. The van der Waals surface area contributed by atoms with Crippen LogP contribution >= 0.6 is 11.3 Å². The Balaban J connectivity index is 1.50. The van der Waals surface area contributed by atoms with E-state index in [-0.39, 0.29) is 35.8 Å². The lowest BCUT2D eigenvalue weighted by Crippen LogP contribution is -2.40. The van der Waals surface area contributed by atoms with Crippen molar-refractivity contribution >= 4 is 44.1 Å². The third kappa shape index (κ3) is 6.19. The third-order valence-electron chi connectivity index (χ3n) is 7.27. The number of nitrogens with one attached hydrogen (secondary N) is 1. The maximum atomic E-state index is 13.2. The van der Waals surface area contributed by atoms with Gasteiger partial charge in [0.1, 0.15) is 5.00 Å². The van der Waals surface area contributed by atoms with Crippen molar-refractivity contribution in [3.05, 3.63) is 45.8 Å². The van der Waals surface area contributed by atoms with Gasteiger partial charge in [0.15, 0.2) is 0 Å². The van der Waals surface area contributed by atoms with Gasteiger partial charge in [-0.05, 0) is 62.1 Å². The molecule has 1 fully saturated rings. The van der Waals surface area contributed by atoms with Gasteiger partial charge in [0.25, 0.3) is 11.8 Å². The highest BCUT2D eigenvalue weighted by atomic mass is 32.2. The van der Waals surface area contributed by atoms with Crippen molar-refractivity contribution in [2.75, 3.05) is 52.7 Å². The second-order valence-electron chi connectivity index (χ2n) is 10.1. The van der Waals surface area contributed by atoms with E-state index in [9.17, 15) is 22.8 Å². The molecule has 0 saturated carbocycles.